The topological polar surface area (TPSA) is 28.7 Å². The van der Waals surface area contributed by atoms with Crippen LogP contribution in [0.5, 0.6) is 0 Å². The largest absolute Gasteiger partial charge is 0.282 e. The third kappa shape index (κ3) is 2.31. The molecule has 0 spiro atoms. The molecule has 1 aromatic heterocycles. The number of rotatable bonds is 2. The summed E-state index contributed by atoms with van der Waals surface area (Å²) in [5.74, 6) is 1.37. The van der Waals surface area contributed by atoms with E-state index in [9.17, 15) is 0 Å². The lowest BCUT2D eigenvalue weighted by Crippen LogP contribution is -2.14. The molecule has 0 radical (unpaired) electrons. The molecule has 1 N–H and O–H groups in total. The molecule has 90 valence electrons. The van der Waals surface area contributed by atoms with Crippen LogP contribution in [-0.4, -0.2) is 10.2 Å². The standard InChI is InChI=1S/C14H24N2/c1-9(2)13-11-6-10(8-14(3,4)5)7-12(11)15-16-13/h9-10H,6-8H2,1-5H3,(H,15,16). The molecule has 1 aliphatic carbocycles. The fourth-order valence-corrected chi connectivity index (χ4v) is 2.95. The Bertz CT molecular complexity index is 369. The van der Waals surface area contributed by atoms with E-state index in [0.29, 0.717) is 11.3 Å². The molecular formula is C14H24N2. The van der Waals surface area contributed by atoms with E-state index in [0.717, 1.165) is 5.92 Å². The summed E-state index contributed by atoms with van der Waals surface area (Å²) in [4.78, 5) is 0. The molecule has 1 aliphatic rings. The van der Waals surface area contributed by atoms with Crippen molar-refractivity contribution in [2.45, 2.75) is 59.8 Å². The van der Waals surface area contributed by atoms with Gasteiger partial charge in [-0.15, -0.1) is 0 Å². The molecule has 16 heavy (non-hydrogen) atoms. The van der Waals surface area contributed by atoms with Crippen LogP contribution < -0.4 is 0 Å². The van der Waals surface area contributed by atoms with Crippen molar-refractivity contribution in [3.63, 3.8) is 0 Å². The quantitative estimate of drug-likeness (QED) is 0.809. The zero-order chi connectivity index (χ0) is 11.9. The zero-order valence-electron chi connectivity index (χ0n) is 11.2. The van der Waals surface area contributed by atoms with Crippen LogP contribution in [0.25, 0.3) is 0 Å². The summed E-state index contributed by atoms with van der Waals surface area (Å²) < 4.78 is 0. The van der Waals surface area contributed by atoms with Gasteiger partial charge in [0, 0.05) is 5.69 Å². The van der Waals surface area contributed by atoms with Gasteiger partial charge in [-0.25, -0.2) is 0 Å². The average molecular weight is 220 g/mol. The highest BCUT2D eigenvalue weighted by molar-refractivity contribution is 5.32. The number of hydrogen-bond donors (Lipinski definition) is 1. The van der Waals surface area contributed by atoms with Crippen molar-refractivity contribution in [2.75, 3.05) is 0 Å². The Morgan fingerprint density at radius 3 is 2.56 bits per heavy atom. The Kier molecular flexibility index (Phi) is 2.85. The smallest absolute Gasteiger partial charge is 0.0682 e. The predicted octanol–water partition coefficient (Wildman–Crippen LogP) is 3.68. The summed E-state index contributed by atoms with van der Waals surface area (Å²) >= 11 is 0. The molecule has 1 heterocycles. The number of nitrogens with one attached hydrogen (secondary N) is 1. The van der Waals surface area contributed by atoms with Crippen molar-refractivity contribution in [3.05, 3.63) is 17.0 Å². The van der Waals surface area contributed by atoms with Crippen LogP contribution >= 0.6 is 0 Å². The number of nitrogens with zero attached hydrogens (tertiary/aromatic N) is 1. The van der Waals surface area contributed by atoms with E-state index < -0.39 is 0 Å². The Morgan fingerprint density at radius 1 is 1.31 bits per heavy atom. The molecule has 2 rings (SSSR count). The Hall–Kier alpha value is -0.790. The van der Waals surface area contributed by atoms with Crippen LogP contribution in [0.1, 0.15) is 63.9 Å². The van der Waals surface area contributed by atoms with Crippen molar-refractivity contribution in [1.29, 1.82) is 0 Å². The third-order valence-electron chi connectivity index (χ3n) is 3.42. The summed E-state index contributed by atoms with van der Waals surface area (Å²) in [6, 6.07) is 0. The van der Waals surface area contributed by atoms with E-state index >= 15 is 0 Å². The number of aromatic amines is 1. The van der Waals surface area contributed by atoms with Gasteiger partial charge in [0.15, 0.2) is 0 Å². The van der Waals surface area contributed by atoms with E-state index in [1.807, 2.05) is 0 Å². The second kappa shape index (κ2) is 3.90. The first kappa shape index (κ1) is 11.7. The summed E-state index contributed by atoms with van der Waals surface area (Å²) in [7, 11) is 0. The van der Waals surface area contributed by atoms with Crippen LogP contribution in [0.3, 0.4) is 0 Å². The fourth-order valence-electron chi connectivity index (χ4n) is 2.95. The first-order chi connectivity index (χ1) is 7.37. The van der Waals surface area contributed by atoms with Crippen molar-refractivity contribution in [2.24, 2.45) is 11.3 Å². The second-order valence-electron chi connectivity index (χ2n) is 6.76. The van der Waals surface area contributed by atoms with Crippen molar-refractivity contribution in [3.8, 4) is 0 Å². The number of hydrogen-bond acceptors (Lipinski definition) is 1. The average Bonchev–Trinajstić information content (AvgIpc) is 2.57. The lowest BCUT2D eigenvalue weighted by molar-refractivity contribution is 0.298. The van der Waals surface area contributed by atoms with Gasteiger partial charge < -0.3 is 0 Å². The molecule has 0 bridgehead atoms. The second-order valence-corrected chi connectivity index (χ2v) is 6.76. The first-order valence-corrected chi connectivity index (χ1v) is 6.43. The van der Waals surface area contributed by atoms with Gasteiger partial charge >= 0.3 is 0 Å². The summed E-state index contributed by atoms with van der Waals surface area (Å²) in [6.07, 6.45) is 3.75. The molecule has 2 heteroatoms. The molecule has 0 aliphatic heterocycles. The van der Waals surface area contributed by atoms with Gasteiger partial charge in [-0.1, -0.05) is 34.6 Å². The van der Waals surface area contributed by atoms with E-state index in [4.69, 9.17) is 0 Å². The minimum atomic E-state index is 0.444. The predicted molar refractivity (Wildman–Crippen MR) is 67.6 cm³/mol. The minimum Gasteiger partial charge on any atom is -0.282 e. The third-order valence-corrected chi connectivity index (χ3v) is 3.42. The Morgan fingerprint density at radius 2 is 2.00 bits per heavy atom. The normalized spacial score (nSPS) is 20.5. The lowest BCUT2D eigenvalue weighted by Gasteiger charge is -2.22. The first-order valence-electron chi connectivity index (χ1n) is 6.43. The summed E-state index contributed by atoms with van der Waals surface area (Å²) in [6.45, 7) is 11.5. The Balaban J connectivity index is 2.10. The van der Waals surface area contributed by atoms with E-state index in [1.165, 1.54) is 36.2 Å². The number of aromatic nitrogens is 2. The van der Waals surface area contributed by atoms with Crippen LogP contribution in [0.2, 0.25) is 0 Å². The highest BCUT2D eigenvalue weighted by atomic mass is 15.1. The molecule has 0 amide bonds. The van der Waals surface area contributed by atoms with E-state index in [2.05, 4.69) is 44.8 Å². The van der Waals surface area contributed by atoms with Crippen LogP contribution in [0.15, 0.2) is 0 Å². The van der Waals surface area contributed by atoms with Crippen molar-refractivity contribution < 1.29 is 0 Å². The van der Waals surface area contributed by atoms with Gasteiger partial charge in [0.1, 0.15) is 0 Å². The van der Waals surface area contributed by atoms with Crippen molar-refractivity contribution >= 4 is 0 Å². The number of fused-ring (bicyclic) bond motifs is 1. The zero-order valence-corrected chi connectivity index (χ0v) is 11.2. The molecule has 0 fully saturated rings. The molecule has 1 atom stereocenters. The SMILES string of the molecule is CC(C)c1n[nH]c2c1CC(CC(C)(C)C)C2. The molecule has 0 saturated heterocycles. The van der Waals surface area contributed by atoms with Crippen LogP contribution in [-0.2, 0) is 12.8 Å². The molecule has 2 nitrogen and oxygen atoms in total. The minimum absolute atomic E-state index is 0.444. The number of H-pyrrole nitrogens is 1. The highest BCUT2D eigenvalue weighted by Crippen LogP contribution is 2.36. The van der Waals surface area contributed by atoms with Gasteiger partial charge in [-0.2, -0.15) is 5.10 Å². The maximum absolute atomic E-state index is 4.44. The van der Waals surface area contributed by atoms with Crippen molar-refractivity contribution in [1.82, 2.24) is 10.2 Å². The highest BCUT2D eigenvalue weighted by Gasteiger charge is 2.30. The van der Waals surface area contributed by atoms with E-state index in [-0.39, 0.29) is 0 Å². The molecule has 1 aromatic rings. The van der Waals surface area contributed by atoms with Gasteiger partial charge in [0.25, 0.3) is 0 Å². The van der Waals surface area contributed by atoms with Gasteiger partial charge in [0.2, 0.25) is 0 Å². The summed E-state index contributed by atoms with van der Waals surface area (Å²) in [5, 5.41) is 7.68. The lowest BCUT2D eigenvalue weighted by atomic mass is 9.83. The molecule has 1 unspecified atom stereocenters. The van der Waals surface area contributed by atoms with Gasteiger partial charge in [-0.05, 0) is 42.1 Å². The maximum Gasteiger partial charge on any atom is 0.0682 e. The fraction of sp³-hybridized carbons (Fsp3) is 0.786. The molecular weight excluding hydrogens is 196 g/mol. The molecule has 0 aromatic carbocycles. The maximum atomic E-state index is 4.44. The van der Waals surface area contributed by atoms with Gasteiger partial charge in [0.05, 0.1) is 5.69 Å². The molecule has 0 saturated carbocycles. The van der Waals surface area contributed by atoms with Crippen LogP contribution in [0, 0.1) is 11.3 Å². The monoisotopic (exact) mass is 220 g/mol. The Labute approximate surface area is 98.8 Å². The van der Waals surface area contributed by atoms with Crippen LogP contribution in [0.4, 0.5) is 0 Å². The van der Waals surface area contributed by atoms with E-state index in [1.54, 1.807) is 0 Å². The summed E-state index contributed by atoms with van der Waals surface area (Å²) in [5.41, 5.74) is 4.66. The van der Waals surface area contributed by atoms with Gasteiger partial charge in [-0.3, -0.25) is 5.10 Å².